The number of rotatable bonds is 8. The number of aliphatic imine (C=N–C) groups is 1. The maximum atomic E-state index is 12.4. The zero-order valence-corrected chi connectivity index (χ0v) is 12.2. The summed E-state index contributed by atoms with van der Waals surface area (Å²) in [6.45, 7) is 7.56. The van der Waals surface area contributed by atoms with Crippen molar-refractivity contribution in [1.29, 1.82) is 5.41 Å². The van der Waals surface area contributed by atoms with E-state index in [1.165, 1.54) is 0 Å². The molecule has 0 aliphatic carbocycles. The van der Waals surface area contributed by atoms with E-state index in [9.17, 15) is 13.2 Å². The quantitative estimate of drug-likeness (QED) is 0.676. The minimum Gasteiger partial charge on any atom is -0.373 e. The minimum atomic E-state index is -4.60. The fourth-order valence-corrected chi connectivity index (χ4v) is 1.47. The van der Waals surface area contributed by atoms with E-state index in [1.807, 2.05) is 4.90 Å². The van der Waals surface area contributed by atoms with Crippen LogP contribution in [0.3, 0.4) is 0 Å². The highest BCUT2D eigenvalue weighted by molar-refractivity contribution is 6.32. The second-order valence-corrected chi connectivity index (χ2v) is 4.89. The largest absolute Gasteiger partial charge is 0.434 e. The van der Waals surface area contributed by atoms with Crippen LogP contribution in [0.4, 0.5) is 13.2 Å². The van der Waals surface area contributed by atoms with Crippen molar-refractivity contribution in [2.75, 3.05) is 19.6 Å². The molecule has 0 aliphatic rings. The van der Waals surface area contributed by atoms with E-state index in [2.05, 4.69) is 18.8 Å². The molecule has 0 aromatic rings. The van der Waals surface area contributed by atoms with Crippen molar-refractivity contribution in [1.82, 2.24) is 4.90 Å². The molecule has 3 N–H and O–H groups in total. The molecule has 0 rings (SSSR count). The Hall–Kier alpha value is -1.37. The summed E-state index contributed by atoms with van der Waals surface area (Å²) in [4.78, 5) is 5.25. The van der Waals surface area contributed by atoms with Gasteiger partial charge in [-0.3, -0.25) is 0 Å². The lowest BCUT2D eigenvalue weighted by atomic mass is 10.1. The van der Waals surface area contributed by atoms with Crippen LogP contribution in [0.25, 0.3) is 0 Å². The summed E-state index contributed by atoms with van der Waals surface area (Å²) >= 11 is 0. The van der Waals surface area contributed by atoms with Crippen molar-refractivity contribution < 1.29 is 13.2 Å². The molecule has 0 aliphatic heterocycles. The van der Waals surface area contributed by atoms with Crippen LogP contribution in [-0.4, -0.2) is 42.6 Å². The van der Waals surface area contributed by atoms with Crippen LogP contribution in [0, 0.1) is 11.3 Å². The fourth-order valence-electron chi connectivity index (χ4n) is 1.47. The molecule has 4 nitrogen and oxygen atoms in total. The first-order valence-corrected chi connectivity index (χ1v) is 6.49. The SMILES string of the molecule is C/C(=C\N=C(C=N)C(F)(F)F)N(CCN)CCC(C)C. The maximum Gasteiger partial charge on any atom is 0.434 e. The van der Waals surface area contributed by atoms with Gasteiger partial charge in [-0.2, -0.15) is 13.2 Å². The number of nitrogens with zero attached hydrogens (tertiary/aromatic N) is 2. The lowest BCUT2D eigenvalue weighted by Gasteiger charge is -2.25. The molecule has 0 aromatic carbocycles. The first-order valence-electron chi connectivity index (χ1n) is 6.49. The van der Waals surface area contributed by atoms with Gasteiger partial charge in [0.2, 0.25) is 0 Å². The minimum absolute atomic E-state index is 0.213. The Morgan fingerprint density at radius 2 is 1.95 bits per heavy atom. The lowest BCUT2D eigenvalue weighted by molar-refractivity contribution is -0.0564. The number of hydrogen-bond acceptors (Lipinski definition) is 4. The molecule has 7 heteroatoms. The molecule has 0 fully saturated rings. The van der Waals surface area contributed by atoms with E-state index in [1.54, 1.807) is 6.92 Å². The zero-order chi connectivity index (χ0) is 15.8. The summed E-state index contributed by atoms with van der Waals surface area (Å²) in [6, 6.07) is 0. The second kappa shape index (κ2) is 8.73. The van der Waals surface area contributed by atoms with Crippen LogP contribution in [-0.2, 0) is 0 Å². The molecule has 0 heterocycles. The summed E-state index contributed by atoms with van der Waals surface area (Å²) in [5.41, 5.74) is 4.90. The summed E-state index contributed by atoms with van der Waals surface area (Å²) < 4.78 is 37.3. The Bertz CT molecular complexity index is 359. The predicted octanol–water partition coefficient (Wildman–Crippen LogP) is 2.81. The van der Waals surface area contributed by atoms with Crippen molar-refractivity contribution in [2.24, 2.45) is 16.6 Å². The summed E-state index contributed by atoms with van der Waals surface area (Å²) in [7, 11) is 0. The molecule has 0 saturated heterocycles. The average molecular weight is 292 g/mol. The van der Waals surface area contributed by atoms with Gasteiger partial charge in [-0.05, 0) is 19.3 Å². The highest BCUT2D eigenvalue weighted by Gasteiger charge is 2.33. The number of allylic oxidation sites excluding steroid dienone is 1. The monoisotopic (exact) mass is 292 g/mol. The number of nitrogens with one attached hydrogen (secondary N) is 1. The number of alkyl halides is 3. The van der Waals surface area contributed by atoms with Crippen LogP contribution in [0.5, 0.6) is 0 Å². The Balaban J connectivity index is 4.94. The van der Waals surface area contributed by atoms with Crippen molar-refractivity contribution in [3.05, 3.63) is 11.9 Å². The van der Waals surface area contributed by atoms with Crippen molar-refractivity contribution in [3.8, 4) is 0 Å². The second-order valence-electron chi connectivity index (χ2n) is 4.89. The molecule has 0 aromatic heterocycles. The first-order chi connectivity index (χ1) is 9.22. The van der Waals surface area contributed by atoms with Gasteiger partial charge < -0.3 is 16.0 Å². The molecule has 0 amide bonds. The van der Waals surface area contributed by atoms with Gasteiger partial charge in [-0.25, -0.2) is 4.99 Å². The van der Waals surface area contributed by atoms with Crippen molar-refractivity contribution >= 4 is 11.9 Å². The summed E-state index contributed by atoms with van der Waals surface area (Å²) in [6.07, 6.45) is -2.32. The van der Waals surface area contributed by atoms with E-state index in [0.29, 0.717) is 24.7 Å². The van der Waals surface area contributed by atoms with Crippen LogP contribution in [0.1, 0.15) is 27.2 Å². The number of nitrogens with two attached hydrogens (primary N) is 1. The summed E-state index contributed by atoms with van der Waals surface area (Å²) in [5, 5.41) is 6.75. The van der Waals surface area contributed by atoms with E-state index < -0.39 is 11.9 Å². The normalized spacial score (nSPS) is 13.8. The predicted molar refractivity (Wildman–Crippen MR) is 76.1 cm³/mol. The standard InChI is InChI=1S/C13H23F3N4/c1-10(2)4-6-20(7-5-17)11(3)9-19-12(8-18)13(14,15)16/h8-10,18H,4-7,17H2,1-3H3/b11-9+,18-8?,19-12?. The van der Waals surface area contributed by atoms with Gasteiger partial charge in [0.25, 0.3) is 0 Å². The lowest BCUT2D eigenvalue weighted by Crippen LogP contribution is -2.30. The molecule has 0 spiro atoms. The van der Waals surface area contributed by atoms with Crippen molar-refractivity contribution in [3.63, 3.8) is 0 Å². The Morgan fingerprint density at radius 3 is 2.35 bits per heavy atom. The topological polar surface area (TPSA) is 65.5 Å². The van der Waals surface area contributed by atoms with E-state index >= 15 is 0 Å². The van der Waals surface area contributed by atoms with Crippen LogP contribution in [0.2, 0.25) is 0 Å². The van der Waals surface area contributed by atoms with Crippen LogP contribution in [0.15, 0.2) is 16.9 Å². The Kier molecular flexibility index (Phi) is 8.13. The molecular weight excluding hydrogens is 269 g/mol. The van der Waals surface area contributed by atoms with Crippen molar-refractivity contribution in [2.45, 2.75) is 33.4 Å². The van der Waals surface area contributed by atoms with Gasteiger partial charge in [0.15, 0.2) is 5.71 Å². The molecule has 20 heavy (non-hydrogen) atoms. The van der Waals surface area contributed by atoms with Gasteiger partial charge in [-0.1, -0.05) is 13.8 Å². The van der Waals surface area contributed by atoms with Crippen LogP contribution >= 0.6 is 0 Å². The van der Waals surface area contributed by atoms with E-state index in [0.717, 1.165) is 19.2 Å². The first kappa shape index (κ1) is 18.6. The van der Waals surface area contributed by atoms with Gasteiger partial charge in [-0.15, -0.1) is 0 Å². The molecule has 116 valence electrons. The number of hydrogen-bond donors (Lipinski definition) is 2. The van der Waals surface area contributed by atoms with Gasteiger partial charge >= 0.3 is 6.18 Å². The smallest absolute Gasteiger partial charge is 0.373 e. The highest BCUT2D eigenvalue weighted by atomic mass is 19.4. The molecule has 0 atom stereocenters. The van der Waals surface area contributed by atoms with Gasteiger partial charge in [0.1, 0.15) is 0 Å². The molecule has 0 radical (unpaired) electrons. The molecule has 0 bridgehead atoms. The summed E-state index contributed by atoms with van der Waals surface area (Å²) in [5.74, 6) is 0.499. The molecule has 0 unspecified atom stereocenters. The fraction of sp³-hybridized carbons (Fsp3) is 0.692. The molecular formula is C13H23F3N4. The zero-order valence-electron chi connectivity index (χ0n) is 12.2. The maximum absolute atomic E-state index is 12.4. The highest BCUT2D eigenvalue weighted by Crippen LogP contribution is 2.17. The third kappa shape index (κ3) is 7.28. The van der Waals surface area contributed by atoms with E-state index in [4.69, 9.17) is 11.1 Å². The average Bonchev–Trinajstić information content (AvgIpc) is 2.32. The van der Waals surface area contributed by atoms with E-state index in [-0.39, 0.29) is 6.21 Å². The number of halogens is 3. The third-order valence-corrected chi connectivity index (χ3v) is 2.69. The Morgan fingerprint density at radius 1 is 1.35 bits per heavy atom. The van der Waals surface area contributed by atoms with Gasteiger partial charge in [0.05, 0.1) is 0 Å². The Labute approximate surface area is 118 Å². The third-order valence-electron chi connectivity index (χ3n) is 2.69. The van der Waals surface area contributed by atoms with Crippen LogP contribution < -0.4 is 5.73 Å². The molecule has 0 saturated carbocycles. The van der Waals surface area contributed by atoms with Gasteiger partial charge in [0, 0.05) is 37.7 Å².